The van der Waals surface area contributed by atoms with Gasteiger partial charge in [-0.1, -0.05) is 254 Å². The summed E-state index contributed by atoms with van der Waals surface area (Å²) in [5.41, 5.74) is 0. The highest BCUT2D eigenvalue weighted by Crippen LogP contribution is 2.17. The van der Waals surface area contributed by atoms with E-state index in [1.807, 2.05) is 0 Å². The van der Waals surface area contributed by atoms with Gasteiger partial charge in [0.15, 0.2) is 0 Å². The number of nitrogens with one attached hydrogen (secondary N) is 1. The largest absolute Gasteiger partial charge is 0.462 e. The Bertz CT molecular complexity index is 1250. The maximum absolute atomic E-state index is 13.3. The van der Waals surface area contributed by atoms with Gasteiger partial charge in [0.05, 0.1) is 25.2 Å². The van der Waals surface area contributed by atoms with Gasteiger partial charge in [-0.3, -0.25) is 9.59 Å². The van der Waals surface area contributed by atoms with Crippen LogP contribution in [0.4, 0.5) is 0 Å². The number of hydrogen-bond acceptors (Lipinski definition) is 5. The molecule has 0 aliphatic rings. The van der Waals surface area contributed by atoms with Crippen molar-refractivity contribution in [1.29, 1.82) is 0 Å². The van der Waals surface area contributed by atoms with Gasteiger partial charge in [-0.05, 0) is 89.9 Å². The number of hydrogen-bond donors (Lipinski definition) is 3. The zero-order chi connectivity index (χ0) is 49.5. The Hall–Kier alpha value is -2.70. The van der Waals surface area contributed by atoms with Gasteiger partial charge in [-0.25, -0.2) is 0 Å². The normalized spacial score (nSPS) is 13.7. The Morgan fingerprint density at radius 2 is 0.809 bits per heavy atom. The molecule has 3 unspecified atom stereocenters. The van der Waals surface area contributed by atoms with Crippen LogP contribution in [0.1, 0.15) is 284 Å². The van der Waals surface area contributed by atoms with Crippen molar-refractivity contribution < 1.29 is 24.5 Å². The number of carbonyl (C=O) groups is 2. The summed E-state index contributed by atoms with van der Waals surface area (Å²) in [7, 11) is 0. The number of rotatable bonds is 52. The maximum atomic E-state index is 13.3. The number of esters is 1. The molecule has 0 fully saturated rings. The summed E-state index contributed by atoms with van der Waals surface area (Å²) in [5.74, 6) is -0.535. The highest BCUT2D eigenvalue weighted by Gasteiger charge is 2.24. The third kappa shape index (κ3) is 49.7. The van der Waals surface area contributed by atoms with Gasteiger partial charge < -0.3 is 20.3 Å². The van der Waals surface area contributed by atoms with Crippen molar-refractivity contribution in [2.24, 2.45) is 0 Å². The zero-order valence-corrected chi connectivity index (χ0v) is 45.0. The molecule has 68 heavy (non-hydrogen) atoms. The lowest BCUT2D eigenvalue weighted by molar-refractivity contribution is -0.151. The van der Waals surface area contributed by atoms with E-state index in [1.54, 1.807) is 0 Å². The molecule has 1 amide bonds. The number of aliphatic hydroxyl groups excluding tert-OH is 2. The van der Waals surface area contributed by atoms with E-state index in [1.165, 1.54) is 148 Å². The van der Waals surface area contributed by atoms with Crippen molar-refractivity contribution >= 4 is 11.9 Å². The lowest BCUT2D eigenvalue weighted by atomic mass is 10.0. The van der Waals surface area contributed by atoms with E-state index in [-0.39, 0.29) is 24.9 Å². The molecule has 0 aliphatic heterocycles. The maximum Gasteiger partial charge on any atom is 0.306 e. The minimum atomic E-state index is -0.808. The number of carbonyl (C=O) groups excluding carboxylic acids is 2. The quantitative estimate of drug-likeness (QED) is 0.0321. The van der Waals surface area contributed by atoms with Crippen molar-refractivity contribution in [3.63, 3.8) is 0 Å². The fourth-order valence-corrected chi connectivity index (χ4v) is 8.64. The number of amides is 1. The fourth-order valence-electron chi connectivity index (χ4n) is 8.64. The first-order valence-corrected chi connectivity index (χ1v) is 29.2. The first-order valence-electron chi connectivity index (χ1n) is 29.2. The van der Waals surface area contributed by atoms with Crippen LogP contribution in [0.5, 0.6) is 0 Å². The molecule has 0 aromatic rings. The number of allylic oxidation sites excluding steroid dienone is 12. The van der Waals surface area contributed by atoms with Gasteiger partial charge in [-0.2, -0.15) is 0 Å². The second-order valence-electron chi connectivity index (χ2n) is 19.7. The van der Waals surface area contributed by atoms with Gasteiger partial charge in [-0.15, -0.1) is 0 Å². The molecule has 0 spiro atoms. The lowest BCUT2D eigenvalue weighted by Crippen LogP contribution is -2.46. The summed E-state index contributed by atoms with van der Waals surface area (Å²) in [4.78, 5) is 26.3. The van der Waals surface area contributed by atoms with Crippen LogP contribution < -0.4 is 5.32 Å². The van der Waals surface area contributed by atoms with Crippen LogP contribution in [0, 0.1) is 0 Å². The number of aliphatic hydroxyl groups is 2. The molecule has 0 saturated carbocycles. The molecular formula is C62H111NO5. The highest BCUT2D eigenvalue weighted by atomic mass is 16.5. The van der Waals surface area contributed by atoms with Crippen LogP contribution in [0.25, 0.3) is 0 Å². The van der Waals surface area contributed by atoms with Crippen molar-refractivity contribution in [2.75, 3.05) is 6.61 Å². The molecular weight excluding hydrogens is 839 g/mol. The smallest absolute Gasteiger partial charge is 0.306 e. The minimum absolute atomic E-state index is 0.0339. The molecule has 6 heteroatoms. The summed E-state index contributed by atoms with van der Waals surface area (Å²) >= 11 is 0. The lowest BCUT2D eigenvalue weighted by Gasteiger charge is -2.24. The summed E-state index contributed by atoms with van der Waals surface area (Å²) < 4.78 is 5.93. The summed E-state index contributed by atoms with van der Waals surface area (Å²) in [6, 6.07) is -0.725. The monoisotopic (exact) mass is 950 g/mol. The average Bonchev–Trinajstić information content (AvgIpc) is 3.33. The Balaban J connectivity index is 4.66. The van der Waals surface area contributed by atoms with Gasteiger partial charge in [0.2, 0.25) is 5.91 Å². The van der Waals surface area contributed by atoms with Gasteiger partial charge >= 0.3 is 5.97 Å². The van der Waals surface area contributed by atoms with Gasteiger partial charge in [0.1, 0.15) is 6.10 Å². The number of ether oxygens (including phenoxy) is 1. The SMILES string of the molecule is CC/C=C\C/C=C\C/C=C\C/C=C\C/C=C\CCCC(CC(=O)NC(CO)C(O)CCCCCCCCCCCCCCCCCC)OC(=O)CCCCCCC/C=C/CCCCCCCCC. The Morgan fingerprint density at radius 3 is 1.25 bits per heavy atom. The highest BCUT2D eigenvalue weighted by molar-refractivity contribution is 5.77. The molecule has 0 saturated heterocycles. The molecule has 0 aromatic heterocycles. The average molecular weight is 951 g/mol. The second-order valence-corrected chi connectivity index (χ2v) is 19.7. The Kier molecular flexibility index (Phi) is 53.0. The predicted molar refractivity (Wildman–Crippen MR) is 296 cm³/mol. The van der Waals surface area contributed by atoms with E-state index in [4.69, 9.17) is 4.74 Å². The van der Waals surface area contributed by atoms with E-state index in [9.17, 15) is 19.8 Å². The molecule has 0 heterocycles. The van der Waals surface area contributed by atoms with E-state index < -0.39 is 18.2 Å². The van der Waals surface area contributed by atoms with Gasteiger partial charge in [0.25, 0.3) is 0 Å². The molecule has 3 atom stereocenters. The fraction of sp³-hybridized carbons (Fsp3) is 0.774. The van der Waals surface area contributed by atoms with E-state index >= 15 is 0 Å². The van der Waals surface area contributed by atoms with Crippen LogP contribution >= 0.6 is 0 Å². The summed E-state index contributed by atoms with van der Waals surface area (Å²) in [6.45, 7) is 6.37. The first kappa shape index (κ1) is 65.3. The molecule has 0 aromatic carbocycles. The van der Waals surface area contributed by atoms with Crippen LogP contribution in [-0.4, -0.2) is 46.9 Å². The number of unbranched alkanes of at least 4 members (excludes halogenated alkanes) is 28. The summed E-state index contributed by atoms with van der Waals surface area (Å²) in [5, 5.41) is 23.9. The molecule has 3 N–H and O–H groups in total. The van der Waals surface area contributed by atoms with Crippen molar-refractivity contribution in [2.45, 2.75) is 302 Å². The molecule has 394 valence electrons. The Labute approximate surface area is 421 Å². The van der Waals surface area contributed by atoms with Gasteiger partial charge in [0, 0.05) is 6.42 Å². The van der Waals surface area contributed by atoms with E-state index in [0.717, 1.165) is 89.9 Å². The molecule has 6 nitrogen and oxygen atoms in total. The third-order valence-electron chi connectivity index (χ3n) is 13.0. The Morgan fingerprint density at radius 1 is 0.441 bits per heavy atom. The topological polar surface area (TPSA) is 95.9 Å². The molecule has 0 rings (SSSR count). The van der Waals surface area contributed by atoms with E-state index in [2.05, 4.69) is 99.0 Å². The van der Waals surface area contributed by atoms with Crippen LogP contribution in [0.2, 0.25) is 0 Å². The third-order valence-corrected chi connectivity index (χ3v) is 13.0. The van der Waals surface area contributed by atoms with Crippen LogP contribution in [0.15, 0.2) is 72.9 Å². The first-order chi connectivity index (χ1) is 33.5. The van der Waals surface area contributed by atoms with E-state index in [0.29, 0.717) is 19.3 Å². The van der Waals surface area contributed by atoms with Crippen molar-refractivity contribution in [3.8, 4) is 0 Å². The minimum Gasteiger partial charge on any atom is -0.462 e. The van der Waals surface area contributed by atoms with Crippen LogP contribution in [-0.2, 0) is 14.3 Å². The molecule has 0 bridgehead atoms. The van der Waals surface area contributed by atoms with Crippen molar-refractivity contribution in [3.05, 3.63) is 72.9 Å². The molecule has 0 radical (unpaired) electrons. The summed E-state index contributed by atoms with van der Waals surface area (Å²) in [6.07, 6.45) is 71.1. The van der Waals surface area contributed by atoms with Crippen LogP contribution in [0.3, 0.4) is 0 Å². The molecule has 0 aliphatic carbocycles. The standard InChI is InChI=1S/C62H111NO5/c1-4-7-10-13-16-19-22-25-28-31-32-35-38-41-44-47-50-53-58(68-62(67)55-52-49-46-43-40-37-34-30-27-24-21-18-15-12-9-6-3)56-61(66)63-59(57-64)60(65)54-51-48-45-42-39-36-33-29-26-23-20-17-14-11-8-5-2/h7,10,16,19,25,28,30,32,34-35,41,44,58-60,64-65H,4-6,8-9,11-15,17-18,20-24,26-27,29,31,33,36-40,42-43,45-57H2,1-3H3,(H,63,66)/b10-7-,19-16-,28-25-,34-30+,35-32-,44-41-. The zero-order valence-electron chi connectivity index (χ0n) is 45.0. The van der Waals surface area contributed by atoms with Crippen molar-refractivity contribution in [1.82, 2.24) is 5.32 Å². The second kappa shape index (κ2) is 55.2. The predicted octanol–water partition coefficient (Wildman–Crippen LogP) is 18.1.